The van der Waals surface area contributed by atoms with Crippen LogP contribution in [0.15, 0.2) is 54.6 Å². The standard InChI is InChI=1S/C21H25N5O3/c1-21(2,3)29-17-11-9-15(10-12-17)13-18(19-23-25-26-24-19)22-20(27)28-14-16-7-5-4-6-8-16/h4-12,18H,13-14H2,1-3H3,(H,22,27)(H,23,24,25,26)/t18-/m0/s1. The second-order valence-corrected chi connectivity index (χ2v) is 7.59. The molecule has 0 aliphatic heterocycles. The van der Waals surface area contributed by atoms with Crippen molar-refractivity contribution in [3.63, 3.8) is 0 Å². The van der Waals surface area contributed by atoms with E-state index in [9.17, 15) is 4.79 Å². The van der Waals surface area contributed by atoms with Crippen LogP contribution >= 0.6 is 0 Å². The number of nitrogens with zero attached hydrogens (tertiary/aromatic N) is 3. The maximum absolute atomic E-state index is 12.3. The molecule has 1 heterocycles. The third-order valence-electron chi connectivity index (χ3n) is 3.97. The zero-order valence-corrected chi connectivity index (χ0v) is 16.8. The topological polar surface area (TPSA) is 102 Å². The van der Waals surface area contributed by atoms with E-state index in [1.54, 1.807) is 0 Å². The number of tetrazole rings is 1. The molecule has 2 aromatic carbocycles. The molecule has 0 aliphatic rings. The molecular weight excluding hydrogens is 370 g/mol. The lowest BCUT2D eigenvalue weighted by molar-refractivity contribution is 0.130. The van der Waals surface area contributed by atoms with Crippen LogP contribution in [0.2, 0.25) is 0 Å². The summed E-state index contributed by atoms with van der Waals surface area (Å²) in [5.41, 5.74) is 1.64. The fourth-order valence-electron chi connectivity index (χ4n) is 2.71. The predicted octanol–water partition coefficient (Wildman–Crippen LogP) is 3.59. The first-order valence-electron chi connectivity index (χ1n) is 9.37. The highest BCUT2D eigenvalue weighted by Crippen LogP contribution is 2.21. The smallest absolute Gasteiger partial charge is 0.408 e. The molecule has 0 bridgehead atoms. The molecule has 2 N–H and O–H groups in total. The number of alkyl carbamates (subject to hydrolysis) is 1. The van der Waals surface area contributed by atoms with Crippen molar-refractivity contribution < 1.29 is 14.3 Å². The molecular formula is C21H25N5O3. The number of amides is 1. The van der Waals surface area contributed by atoms with Gasteiger partial charge in [0.15, 0.2) is 5.82 Å². The molecule has 0 spiro atoms. The highest BCUT2D eigenvalue weighted by Gasteiger charge is 2.20. The normalized spacial score (nSPS) is 12.2. The highest BCUT2D eigenvalue weighted by molar-refractivity contribution is 5.67. The molecule has 1 amide bonds. The Kier molecular flexibility index (Phi) is 6.43. The van der Waals surface area contributed by atoms with E-state index in [1.165, 1.54) is 0 Å². The maximum Gasteiger partial charge on any atom is 0.408 e. The van der Waals surface area contributed by atoms with Gasteiger partial charge in [0.2, 0.25) is 0 Å². The fourth-order valence-corrected chi connectivity index (χ4v) is 2.71. The quantitative estimate of drug-likeness (QED) is 0.634. The minimum atomic E-state index is -0.545. The number of H-pyrrole nitrogens is 1. The van der Waals surface area contributed by atoms with Crippen molar-refractivity contribution in [2.75, 3.05) is 0 Å². The second-order valence-electron chi connectivity index (χ2n) is 7.59. The number of ether oxygens (including phenoxy) is 2. The Bertz CT molecular complexity index is 890. The number of carbonyl (C=O) groups is 1. The van der Waals surface area contributed by atoms with Gasteiger partial charge in [-0.2, -0.15) is 5.21 Å². The largest absolute Gasteiger partial charge is 0.488 e. The summed E-state index contributed by atoms with van der Waals surface area (Å²) in [7, 11) is 0. The van der Waals surface area contributed by atoms with Gasteiger partial charge in [0, 0.05) is 6.42 Å². The molecule has 8 heteroatoms. The molecule has 1 atom stereocenters. The van der Waals surface area contributed by atoms with Crippen LogP contribution in [0, 0.1) is 0 Å². The van der Waals surface area contributed by atoms with Crippen molar-refractivity contribution in [2.24, 2.45) is 0 Å². The van der Waals surface area contributed by atoms with Gasteiger partial charge in [-0.25, -0.2) is 4.79 Å². The van der Waals surface area contributed by atoms with Gasteiger partial charge in [-0.05, 0) is 44.0 Å². The molecule has 8 nitrogen and oxygen atoms in total. The lowest BCUT2D eigenvalue weighted by Crippen LogP contribution is -2.31. The third kappa shape index (κ3) is 6.60. The SMILES string of the molecule is CC(C)(C)Oc1ccc(C[C@H](NC(=O)OCc2ccccc2)c2nn[nH]n2)cc1. The van der Waals surface area contributed by atoms with Gasteiger partial charge >= 0.3 is 6.09 Å². The Labute approximate surface area is 169 Å². The lowest BCUT2D eigenvalue weighted by Gasteiger charge is -2.21. The number of nitrogens with one attached hydrogen (secondary N) is 2. The van der Waals surface area contributed by atoms with Crippen molar-refractivity contribution in [1.29, 1.82) is 0 Å². The number of hydrogen-bond donors (Lipinski definition) is 2. The van der Waals surface area contributed by atoms with E-state index in [-0.39, 0.29) is 12.2 Å². The van der Waals surface area contributed by atoms with Gasteiger partial charge in [-0.15, -0.1) is 10.2 Å². The molecule has 0 saturated carbocycles. The van der Waals surface area contributed by atoms with E-state index in [4.69, 9.17) is 9.47 Å². The molecule has 152 valence electrons. The van der Waals surface area contributed by atoms with Crippen LogP contribution < -0.4 is 10.1 Å². The Morgan fingerprint density at radius 2 is 1.79 bits per heavy atom. The molecule has 29 heavy (non-hydrogen) atoms. The number of carbonyl (C=O) groups excluding carboxylic acids is 1. The number of rotatable bonds is 7. The van der Waals surface area contributed by atoms with E-state index >= 15 is 0 Å². The average molecular weight is 395 g/mol. The summed E-state index contributed by atoms with van der Waals surface area (Å²) in [5, 5.41) is 16.8. The Morgan fingerprint density at radius 1 is 1.07 bits per heavy atom. The molecule has 0 unspecified atom stereocenters. The second kappa shape index (κ2) is 9.18. The van der Waals surface area contributed by atoms with Gasteiger partial charge in [0.1, 0.15) is 24.0 Å². The number of aromatic nitrogens is 4. The minimum Gasteiger partial charge on any atom is -0.488 e. The zero-order chi connectivity index (χ0) is 20.7. The zero-order valence-electron chi connectivity index (χ0n) is 16.8. The van der Waals surface area contributed by atoms with E-state index in [0.717, 1.165) is 16.9 Å². The Hall–Kier alpha value is -3.42. The first kappa shape index (κ1) is 20.3. The van der Waals surface area contributed by atoms with E-state index in [0.29, 0.717) is 12.2 Å². The molecule has 3 aromatic rings. The summed E-state index contributed by atoms with van der Waals surface area (Å²) >= 11 is 0. The Balaban J connectivity index is 1.62. The summed E-state index contributed by atoms with van der Waals surface area (Å²) in [6.45, 7) is 6.18. The molecule has 3 rings (SSSR count). The van der Waals surface area contributed by atoms with E-state index < -0.39 is 12.1 Å². The lowest BCUT2D eigenvalue weighted by atomic mass is 10.1. The Morgan fingerprint density at radius 3 is 2.41 bits per heavy atom. The summed E-state index contributed by atoms with van der Waals surface area (Å²) in [6, 6.07) is 16.7. The van der Waals surface area contributed by atoms with Crippen molar-refractivity contribution >= 4 is 6.09 Å². The monoisotopic (exact) mass is 395 g/mol. The molecule has 0 saturated heterocycles. The van der Waals surface area contributed by atoms with Crippen LogP contribution in [0.3, 0.4) is 0 Å². The van der Waals surface area contributed by atoms with Crippen molar-refractivity contribution in [3.05, 3.63) is 71.5 Å². The van der Waals surface area contributed by atoms with Gasteiger partial charge in [-0.1, -0.05) is 47.7 Å². The molecule has 0 fully saturated rings. The summed E-state index contributed by atoms with van der Waals surface area (Å²) in [4.78, 5) is 12.3. The molecule has 0 radical (unpaired) electrons. The van der Waals surface area contributed by atoms with Crippen LogP contribution in [0.4, 0.5) is 4.79 Å². The third-order valence-corrected chi connectivity index (χ3v) is 3.97. The van der Waals surface area contributed by atoms with Crippen LogP contribution in [-0.2, 0) is 17.8 Å². The number of aromatic amines is 1. The maximum atomic E-state index is 12.3. The van der Waals surface area contributed by atoms with Crippen LogP contribution in [-0.4, -0.2) is 32.3 Å². The van der Waals surface area contributed by atoms with E-state index in [1.807, 2.05) is 75.4 Å². The van der Waals surface area contributed by atoms with Gasteiger partial charge in [0.05, 0.1) is 0 Å². The fraction of sp³-hybridized carbons (Fsp3) is 0.333. The van der Waals surface area contributed by atoms with Crippen LogP contribution in [0.1, 0.15) is 43.8 Å². The summed E-state index contributed by atoms with van der Waals surface area (Å²) < 4.78 is 11.2. The highest BCUT2D eigenvalue weighted by atomic mass is 16.5. The first-order chi connectivity index (χ1) is 13.9. The van der Waals surface area contributed by atoms with Gasteiger partial charge in [-0.3, -0.25) is 0 Å². The van der Waals surface area contributed by atoms with E-state index in [2.05, 4.69) is 25.9 Å². The summed E-state index contributed by atoms with van der Waals surface area (Å²) in [6.07, 6.45) is -0.0631. The summed E-state index contributed by atoms with van der Waals surface area (Å²) in [5.74, 6) is 1.17. The van der Waals surface area contributed by atoms with Gasteiger partial charge in [0.25, 0.3) is 0 Å². The number of benzene rings is 2. The number of hydrogen-bond acceptors (Lipinski definition) is 6. The molecule has 1 aromatic heterocycles. The average Bonchev–Trinajstić information content (AvgIpc) is 3.22. The predicted molar refractivity (Wildman–Crippen MR) is 107 cm³/mol. The van der Waals surface area contributed by atoms with Crippen LogP contribution in [0.25, 0.3) is 0 Å². The van der Waals surface area contributed by atoms with Gasteiger partial charge < -0.3 is 14.8 Å². The van der Waals surface area contributed by atoms with Crippen molar-refractivity contribution in [1.82, 2.24) is 25.9 Å². The minimum absolute atomic E-state index is 0.185. The van der Waals surface area contributed by atoms with Crippen molar-refractivity contribution in [3.8, 4) is 5.75 Å². The van der Waals surface area contributed by atoms with Crippen LogP contribution in [0.5, 0.6) is 5.75 Å². The molecule has 0 aliphatic carbocycles. The first-order valence-corrected chi connectivity index (χ1v) is 9.37. The van der Waals surface area contributed by atoms with Crippen molar-refractivity contribution in [2.45, 2.75) is 45.4 Å².